The Balaban J connectivity index is 2.43. The average molecular weight is 245 g/mol. The highest BCUT2D eigenvalue weighted by atomic mass is 19.1. The van der Waals surface area contributed by atoms with E-state index >= 15 is 0 Å². The van der Waals surface area contributed by atoms with Crippen LogP contribution in [0.2, 0.25) is 0 Å². The van der Waals surface area contributed by atoms with E-state index in [1.807, 2.05) is 37.4 Å². The molecule has 2 rings (SSSR count). The van der Waals surface area contributed by atoms with Crippen LogP contribution in [0.15, 0.2) is 42.5 Å². The van der Waals surface area contributed by atoms with Gasteiger partial charge in [-0.1, -0.05) is 18.2 Å². The van der Waals surface area contributed by atoms with E-state index in [1.54, 1.807) is 13.2 Å². The Hall–Kier alpha value is -1.87. The summed E-state index contributed by atoms with van der Waals surface area (Å²) in [6.45, 7) is 0.710. The summed E-state index contributed by atoms with van der Waals surface area (Å²) in [5, 5.41) is 3.09. The zero-order valence-corrected chi connectivity index (χ0v) is 10.5. The van der Waals surface area contributed by atoms with Crippen molar-refractivity contribution < 1.29 is 9.13 Å². The first-order valence-corrected chi connectivity index (χ1v) is 5.82. The standard InChI is InChI=1S/C15H16FNO/c1-17-10-12-3-6-13(16)9-15(12)11-4-7-14(18-2)8-5-11/h3-9,17H,10H2,1-2H3. The lowest BCUT2D eigenvalue weighted by Crippen LogP contribution is -2.06. The van der Waals surface area contributed by atoms with E-state index in [2.05, 4.69) is 5.32 Å². The number of benzene rings is 2. The van der Waals surface area contributed by atoms with E-state index in [-0.39, 0.29) is 5.82 Å². The zero-order valence-electron chi connectivity index (χ0n) is 10.5. The van der Waals surface area contributed by atoms with Crippen molar-refractivity contribution in [1.82, 2.24) is 5.32 Å². The first-order chi connectivity index (χ1) is 8.74. The van der Waals surface area contributed by atoms with Crippen molar-refractivity contribution in [1.29, 1.82) is 0 Å². The van der Waals surface area contributed by atoms with Crippen molar-refractivity contribution in [2.24, 2.45) is 0 Å². The fraction of sp³-hybridized carbons (Fsp3) is 0.200. The Morgan fingerprint density at radius 3 is 2.44 bits per heavy atom. The van der Waals surface area contributed by atoms with Crippen LogP contribution in [0, 0.1) is 5.82 Å². The van der Waals surface area contributed by atoms with Crippen molar-refractivity contribution >= 4 is 0 Å². The van der Waals surface area contributed by atoms with Crippen molar-refractivity contribution in [2.75, 3.05) is 14.2 Å². The molecule has 2 aromatic carbocycles. The van der Waals surface area contributed by atoms with Gasteiger partial charge < -0.3 is 10.1 Å². The molecule has 0 aliphatic rings. The molecular formula is C15H16FNO. The van der Waals surface area contributed by atoms with Gasteiger partial charge in [-0.3, -0.25) is 0 Å². The Kier molecular flexibility index (Phi) is 3.95. The topological polar surface area (TPSA) is 21.3 Å². The predicted molar refractivity (Wildman–Crippen MR) is 71.2 cm³/mol. The van der Waals surface area contributed by atoms with Crippen LogP contribution in [0.1, 0.15) is 5.56 Å². The molecule has 0 atom stereocenters. The highest BCUT2D eigenvalue weighted by Crippen LogP contribution is 2.26. The summed E-state index contributed by atoms with van der Waals surface area (Å²) < 4.78 is 18.5. The fourth-order valence-corrected chi connectivity index (χ4v) is 1.93. The summed E-state index contributed by atoms with van der Waals surface area (Å²) in [7, 11) is 3.50. The smallest absolute Gasteiger partial charge is 0.123 e. The van der Waals surface area contributed by atoms with E-state index in [9.17, 15) is 4.39 Å². The normalized spacial score (nSPS) is 10.4. The SMILES string of the molecule is CNCc1ccc(F)cc1-c1ccc(OC)cc1. The van der Waals surface area contributed by atoms with Crippen LogP contribution in [0.25, 0.3) is 11.1 Å². The molecule has 0 aromatic heterocycles. The molecule has 94 valence electrons. The van der Waals surface area contributed by atoms with Gasteiger partial charge in [-0.05, 0) is 48.0 Å². The van der Waals surface area contributed by atoms with Crippen molar-refractivity contribution in [3.8, 4) is 16.9 Å². The monoisotopic (exact) mass is 245 g/mol. The van der Waals surface area contributed by atoms with Crippen LogP contribution in [0.3, 0.4) is 0 Å². The Bertz CT molecular complexity index is 523. The largest absolute Gasteiger partial charge is 0.497 e. The average Bonchev–Trinajstić information content (AvgIpc) is 2.41. The molecule has 0 radical (unpaired) electrons. The maximum Gasteiger partial charge on any atom is 0.123 e. The maximum absolute atomic E-state index is 13.4. The molecule has 0 fully saturated rings. The summed E-state index contributed by atoms with van der Waals surface area (Å²) in [4.78, 5) is 0. The highest BCUT2D eigenvalue weighted by Gasteiger charge is 2.06. The molecule has 2 aromatic rings. The van der Waals surface area contributed by atoms with Crippen LogP contribution >= 0.6 is 0 Å². The number of hydrogen-bond acceptors (Lipinski definition) is 2. The Morgan fingerprint density at radius 1 is 1.11 bits per heavy atom. The lowest BCUT2D eigenvalue weighted by atomic mass is 9.99. The van der Waals surface area contributed by atoms with Gasteiger partial charge in [0.1, 0.15) is 11.6 Å². The second-order valence-corrected chi connectivity index (χ2v) is 4.06. The van der Waals surface area contributed by atoms with E-state index in [1.165, 1.54) is 6.07 Å². The molecular weight excluding hydrogens is 229 g/mol. The van der Waals surface area contributed by atoms with Gasteiger partial charge in [0.05, 0.1) is 7.11 Å². The van der Waals surface area contributed by atoms with Gasteiger partial charge in [-0.2, -0.15) is 0 Å². The molecule has 1 N–H and O–H groups in total. The number of hydrogen-bond donors (Lipinski definition) is 1. The van der Waals surface area contributed by atoms with Gasteiger partial charge in [-0.15, -0.1) is 0 Å². The van der Waals surface area contributed by atoms with Crippen LogP contribution in [-0.2, 0) is 6.54 Å². The first kappa shape index (κ1) is 12.6. The minimum absolute atomic E-state index is 0.222. The minimum Gasteiger partial charge on any atom is -0.497 e. The van der Waals surface area contributed by atoms with E-state index < -0.39 is 0 Å². The lowest BCUT2D eigenvalue weighted by Gasteiger charge is -2.10. The van der Waals surface area contributed by atoms with Gasteiger partial charge in [-0.25, -0.2) is 4.39 Å². The third-order valence-corrected chi connectivity index (χ3v) is 2.84. The van der Waals surface area contributed by atoms with Gasteiger partial charge in [0.15, 0.2) is 0 Å². The summed E-state index contributed by atoms with van der Waals surface area (Å²) in [5.74, 6) is 0.575. The number of halogens is 1. The van der Waals surface area contributed by atoms with Crippen LogP contribution in [-0.4, -0.2) is 14.2 Å². The first-order valence-electron chi connectivity index (χ1n) is 5.82. The lowest BCUT2D eigenvalue weighted by molar-refractivity contribution is 0.415. The van der Waals surface area contributed by atoms with Crippen molar-refractivity contribution in [3.63, 3.8) is 0 Å². The minimum atomic E-state index is -0.222. The van der Waals surface area contributed by atoms with Crippen LogP contribution in [0.5, 0.6) is 5.75 Å². The number of ether oxygens (including phenoxy) is 1. The molecule has 0 aliphatic carbocycles. The quantitative estimate of drug-likeness (QED) is 0.893. The molecule has 0 bridgehead atoms. The van der Waals surface area contributed by atoms with Crippen LogP contribution < -0.4 is 10.1 Å². The van der Waals surface area contributed by atoms with Gasteiger partial charge in [0.2, 0.25) is 0 Å². The summed E-state index contributed by atoms with van der Waals surface area (Å²) in [5.41, 5.74) is 2.97. The molecule has 0 spiro atoms. The molecule has 18 heavy (non-hydrogen) atoms. The van der Waals surface area contributed by atoms with Gasteiger partial charge >= 0.3 is 0 Å². The fourth-order valence-electron chi connectivity index (χ4n) is 1.93. The molecule has 3 heteroatoms. The highest BCUT2D eigenvalue weighted by molar-refractivity contribution is 5.68. The second kappa shape index (κ2) is 5.65. The van der Waals surface area contributed by atoms with Gasteiger partial charge in [0.25, 0.3) is 0 Å². The predicted octanol–water partition coefficient (Wildman–Crippen LogP) is 3.22. The van der Waals surface area contributed by atoms with Gasteiger partial charge in [0, 0.05) is 6.54 Å². The maximum atomic E-state index is 13.4. The van der Waals surface area contributed by atoms with E-state index in [0.717, 1.165) is 22.4 Å². The molecule has 2 nitrogen and oxygen atoms in total. The molecule has 0 amide bonds. The number of nitrogens with one attached hydrogen (secondary N) is 1. The molecule has 0 heterocycles. The molecule has 0 unspecified atom stereocenters. The third-order valence-electron chi connectivity index (χ3n) is 2.84. The zero-order chi connectivity index (χ0) is 13.0. The van der Waals surface area contributed by atoms with Crippen LogP contribution in [0.4, 0.5) is 4.39 Å². The molecule has 0 aliphatic heterocycles. The number of rotatable bonds is 4. The number of methoxy groups -OCH3 is 1. The summed E-state index contributed by atoms with van der Waals surface area (Å²) in [6.07, 6.45) is 0. The van der Waals surface area contributed by atoms with E-state index in [0.29, 0.717) is 6.54 Å². The summed E-state index contributed by atoms with van der Waals surface area (Å²) >= 11 is 0. The molecule has 0 saturated heterocycles. The third kappa shape index (κ3) is 2.68. The molecule has 0 saturated carbocycles. The summed E-state index contributed by atoms with van der Waals surface area (Å²) in [6, 6.07) is 12.5. The van der Waals surface area contributed by atoms with E-state index in [4.69, 9.17) is 4.74 Å². The Morgan fingerprint density at radius 2 is 1.83 bits per heavy atom. The Labute approximate surface area is 106 Å². The van der Waals surface area contributed by atoms with Crippen molar-refractivity contribution in [3.05, 3.63) is 53.8 Å². The van der Waals surface area contributed by atoms with Crippen molar-refractivity contribution in [2.45, 2.75) is 6.54 Å². The second-order valence-electron chi connectivity index (χ2n) is 4.06.